The lowest BCUT2D eigenvalue weighted by Crippen LogP contribution is -2.27. The van der Waals surface area contributed by atoms with Crippen LogP contribution in [0.1, 0.15) is 4.88 Å². The minimum Gasteiger partial charge on any atom is -0.325 e. The molecule has 4 aromatic rings. The zero-order chi connectivity index (χ0) is 19.7. The van der Waals surface area contributed by atoms with E-state index in [9.17, 15) is 14.0 Å². The maximum atomic E-state index is 13.3. The van der Waals surface area contributed by atoms with E-state index in [0.29, 0.717) is 15.9 Å². The van der Waals surface area contributed by atoms with Crippen LogP contribution in [0.2, 0.25) is 0 Å². The predicted molar refractivity (Wildman–Crippen MR) is 109 cm³/mol. The first-order valence-electron chi connectivity index (χ1n) is 8.62. The third kappa shape index (κ3) is 3.44. The van der Waals surface area contributed by atoms with Gasteiger partial charge in [0.2, 0.25) is 5.91 Å². The smallest absolute Gasteiger partial charge is 0.263 e. The zero-order valence-corrected chi connectivity index (χ0v) is 15.8. The average molecular weight is 393 g/mol. The van der Waals surface area contributed by atoms with Crippen molar-refractivity contribution in [2.45, 2.75) is 13.5 Å². The Morgan fingerprint density at radius 2 is 1.86 bits per heavy atom. The van der Waals surface area contributed by atoms with Gasteiger partial charge in [0.15, 0.2) is 0 Å². The number of aryl methyl sites for hydroxylation is 1. The van der Waals surface area contributed by atoms with Gasteiger partial charge < -0.3 is 5.32 Å². The Bertz CT molecular complexity index is 1210. The fourth-order valence-corrected chi connectivity index (χ4v) is 4.09. The van der Waals surface area contributed by atoms with Crippen LogP contribution in [0.5, 0.6) is 0 Å². The summed E-state index contributed by atoms with van der Waals surface area (Å²) in [6.45, 7) is 1.76. The number of benzene rings is 2. The van der Waals surface area contributed by atoms with Crippen molar-refractivity contribution in [2.75, 3.05) is 5.32 Å². The molecule has 0 spiro atoms. The Morgan fingerprint density at radius 3 is 2.57 bits per heavy atom. The van der Waals surface area contributed by atoms with Crippen molar-refractivity contribution in [3.05, 3.63) is 82.0 Å². The number of carbonyl (C=O) groups excluding carboxylic acids is 1. The predicted octanol–water partition coefficient (Wildman–Crippen LogP) is 4.21. The molecule has 0 saturated carbocycles. The molecule has 28 heavy (non-hydrogen) atoms. The highest BCUT2D eigenvalue weighted by atomic mass is 32.1. The lowest BCUT2D eigenvalue weighted by atomic mass is 10.0. The lowest BCUT2D eigenvalue weighted by molar-refractivity contribution is -0.116. The number of thiophene rings is 1. The van der Waals surface area contributed by atoms with Crippen LogP contribution in [-0.4, -0.2) is 15.5 Å². The molecule has 1 amide bonds. The van der Waals surface area contributed by atoms with E-state index in [-0.39, 0.29) is 23.8 Å². The number of halogens is 1. The first-order chi connectivity index (χ1) is 13.5. The molecule has 5 nitrogen and oxygen atoms in total. The Kier molecular flexibility index (Phi) is 4.75. The number of hydrogen-bond acceptors (Lipinski definition) is 4. The fourth-order valence-electron chi connectivity index (χ4n) is 3.09. The van der Waals surface area contributed by atoms with Gasteiger partial charge in [-0.05, 0) is 36.8 Å². The number of nitrogens with zero attached hydrogens (tertiary/aromatic N) is 2. The molecule has 140 valence electrons. The van der Waals surface area contributed by atoms with E-state index in [1.165, 1.54) is 34.4 Å². The highest BCUT2D eigenvalue weighted by Gasteiger charge is 2.18. The van der Waals surface area contributed by atoms with E-state index in [1.54, 1.807) is 24.3 Å². The number of para-hydroxylation sites is 1. The molecule has 0 fully saturated rings. The van der Waals surface area contributed by atoms with Crippen LogP contribution in [0.3, 0.4) is 0 Å². The molecule has 0 aliphatic heterocycles. The Morgan fingerprint density at radius 1 is 1.14 bits per heavy atom. The molecule has 0 bridgehead atoms. The van der Waals surface area contributed by atoms with Gasteiger partial charge in [0.05, 0.1) is 11.7 Å². The van der Waals surface area contributed by atoms with Gasteiger partial charge in [-0.3, -0.25) is 14.2 Å². The highest BCUT2D eigenvalue weighted by molar-refractivity contribution is 7.19. The fraction of sp³-hybridized carbons (Fsp3) is 0.0952. The van der Waals surface area contributed by atoms with Crippen molar-refractivity contribution in [3.63, 3.8) is 0 Å². The number of nitrogens with one attached hydrogen (secondary N) is 1. The van der Waals surface area contributed by atoms with Crippen molar-refractivity contribution < 1.29 is 9.18 Å². The summed E-state index contributed by atoms with van der Waals surface area (Å²) in [6, 6.07) is 15.0. The molecule has 2 aromatic heterocycles. The van der Waals surface area contributed by atoms with Crippen molar-refractivity contribution in [2.24, 2.45) is 0 Å². The molecule has 2 heterocycles. The van der Waals surface area contributed by atoms with Gasteiger partial charge >= 0.3 is 0 Å². The van der Waals surface area contributed by atoms with E-state index >= 15 is 0 Å². The van der Waals surface area contributed by atoms with Crippen LogP contribution in [0, 0.1) is 12.7 Å². The standard InChI is InChI=1S/C21H16FN3O2S/c1-13-18(14-7-9-15(22)10-8-14)19-20(28-13)23-12-25(21(19)27)11-17(26)24-16-5-3-2-4-6-16/h2-10,12H,11H2,1H3,(H,24,26). The second-order valence-electron chi connectivity index (χ2n) is 6.31. The molecule has 0 atom stereocenters. The molecule has 7 heteroatoms. The van der Waals surface area contributed by atoms with Crippen LogP contribution in [-0.2, 0) is 11.3 Å². The minimum atomic E-state index is -0.339. The molecule has 0 saturated heterocycles. The summed E-state index contributed by atoms with van der Waals surface area (Å²) in [6.07, 6.45) is 1.39. The summed E-state index contributed by atoms with van der Waals surface area (Å²) in [5.41, 5.74) is 1.84. The third-order valence-corrected chi connectivity index (χ3v) is 5.37. The molecular formula is C21H16FN3O2S. The van der Waals surface area contributed by atoms with E-state index in [1.807, 2.05) is 25.1 Å². The number of rotatable bonds is 4. The summed E-state index contributed by atoms with van der Waals surface area (Å²) in [5, 5.41) is 3.21. The maximum Gasteiger partial charge on any atom is 0.263 e. The van der Waals surface area contributed by atoms with E-state index in [2.05, 4.69) is 10.3 Å². The van der Waals surface area contributed by atoms with Gasteiger partial charge in [0.1, 0.15) is 17.2 Å². The Labute approximate surface area is 164 Å². The Hall–Kier alpha value is -3.32. The van der Waals surface area contributed by atoms with E-state index < -0.39 is 0 Å². The number of aromatic nitrogens is 2. The summed E-state index contributed by atoms with van der Waals surface area (Å²) in [7, 11) is 0. The number of fused-ring (bicyclic) bond motifs is 1. The quantitative estimate of drug-likeness (QED) is 0.565. The van der Waals surface area contributed by atoms with Crippen LogP contribution in [0.4, 0.5) is 10.1 Å². The van der Waals surface area contributed by atoms with Gasteiger partial charge in [0, 0.05) is 16.1 Å². The first-order valence-corrected chi connectivity index (χ1v) is 9.44. The maximum absolute atomic E-state index is 13.3. The first kappa shape index (κ1) is 18.1. The van der Waals surface area contributed by atoms with E-state index in [4.69, 9.17) is 0 Å². The normalized spacial score (nSPS) is 10.9. The molecule has 0 radical (unpaired) electrons. The summed E-state index contributed by atoms with van der Waals surface area (Å²) in [5.74, 6) is -0.654. The summed E-state index contributed by atoms with van der Waals surface area (Å²) < 4.78 is 14.6. The average Bonchev–Trinajstić information content (AvgIpc) is 3.02. The zero-order valence-electron chi connectivity index (χ0n) is 15.0. The van der Waals surface area contributed by atoms with Crippen molar-refractivity contribution in [1.82, 2.24) is 9.55 Å². The molecule has 4 rings (SSSR count). The molecule has 0 aliphatic rings. The Balaban J connectivity index is 1.72. The lowest BCUT2D eigenvalue weighted by Gasteiger charge is -2.08. The van der Waals surface area contributed by atoms with Gasteiger partial charge in [-0.2, -0.15) is 0 Å². The largest absolute Gasteiger partial charge is 0.325 e. The molecule has 0 aliphatic carbocycles. The topological polar surface area (TPSA) is 64.0 Å². The van der Waals surface area contributed by atoms with Crippen LogP contribution in [0.15, 0.2) is 65.7 Å². The van der Waals surface area contributed by atoms with Crippen LogP contribution >= 0.6 is 11.3 Å². The molecule has 0 unspecified atom stereocenters. The number of hydrogen-bond donors (Lipinski definition) is 1. The van der Waals surface area contributed by atoms with Crippen molar-refractivity contribution in [1.29, 1.82) is 0 Å². The molecule has 1 N–H and O–H groups in total. The van der Waals surface area contributed by atoms with Gasteiger partial charge in [-0.25, -0.2) is 9.37 Å². The second kappa shape index (κ2) is 7.36. The van der Waals surface area contributed by atoms with Crippen LogP contribution < -0.4 is 10.9 Å². The van der Waals surface area contributed by atoms with Gasteiger partial charge in [-0.15, -0.1) is 11.3 Å². The van der Waals surface area contributed by atoms with Gasteiger partial charge in [-0.1, -0.05) is 30.3 Å². The monoisotopic (exact) mass is 393 g/mol. The number of carbonyl (C=O) groups is 1. The molecule has 2 aromatic carbocycles. The van der Waals surface area contributed by atoms with Crippen LogP contribution in [0.25, 0.3) is 21.3 Å². The van der Waals surface area contributed by atoms with Crippen molar-refractivity contribution in [3.8, 4) is 11.1 Å². The number of amides is 1. The summed E-state index contributed by atoms with van der Waals surface area (Å²) in [4.78, 5) is 31.3. The van der Waals surface area contributed by atoms with E-state index in [0.717, 1.165) is 16.0 Å². The summed E-state index contributed by atoms with van der Waals surface area (Å²) >= 11 is 1.40. The third-order valence-electron chi connectivity index (χ3n) is 4.36. The highest BCUT2D eigenvalue weighted by Crippen LogP contribution is 2.35. The minimum absolute atomic E-state index is 0.144. The molecular weight excluding hydrogens is 377 g/mol. The second-order valence-corrected chi connectivity index (χ2v) is 7.52. The SMILES string of the molecule is Cc1sc2ncn(CC(=O)Nc3ccccc3)c(=O)c2c1-c1ccc(F)cc1. The van der Waals surface area contributed by atoms with Gasteiger partial charge in [0.25, 0.3) is 5.56 Å². The number of anilines is 1. The van der Waals surface area contributed by atoms with Crippen molar-refractivity contribution >= 4 is 33.1 Å².